The molecule has 0 spiro atoms. The predicted octanol–water partition coefficient (Wildman–Crippen LogP) is 2.45. The van der Waals surface area contributed by atoms with Gasteiger partial charge >= 0.3 is 5.97 Å². The van der Waals surface area contributed by atoms with Crippen molar-refractivity contribution in [1.29, 1.82) is 0 Å². The molecule has 0 radical (unpaired) electrons. The molecule has 18 heavy (non-hydrogen) atoms. The first-order chi connectivity index (χ1) is 8.43. The molecule has 1 aromatic rings. The Morgan fingerprint density at radius 3 is 2.78 bits per heavy atom. The third-order valence-corrected chi connectivity index (χ3v) is 2.44. The quantitative estimate of drug-likeness (QED) is 0.358. The second kappa shape index (κ2) is 6.30. The van der Waals surface area contributed by atoms with Gasteiger partial charge in [0.05, 0.1) is 17.6 Å². The van der Waals surface area contributed by atoms with Crippen LogP contribution >= 0.6 is 11.6 Å². The Labute approximate surface area is 108 Å². The van der Waals surface area contributed by atoms with Gasteiger partial charge in [0.1, 0.15) is 11.2 Å². The van der Waals surface area contributed by atoms with Crippen LogP contribution in [0, 0.1) is 15.9 Å². The largest absolute Gasteiger partial charge is 0.465 e. The van der Waals surface area contributed by atoms with Gasteiger partial charge in [0, 0.05) is 6.07 Å². The van der Waals surface area contributed by atoms with Gasteiger partial charge in [-0.15, -0.1) is 11.6 Å². The fourth-order valence-corrected chi connectivity index (χ4v) is 1.62. The number of nitro groups is 1. The third kappa shape index (κ3) is 3.96. The van der Waals surface area contributed by atoms with Crippen LogP contribution in [-0.2, 0) is 16.0 Å². The SMILES string of the molecule is CCOC(=O)C(Cl)Cc1cc(F)cc([N+](=O)[O-])c1. The van der Waals surface area contributed by atoms with Crippen molar-refractivity contribution in [2.45, 2.75) is 18.7 Å². The summed E-state index contributed by atoms with van der Waals surface area (Å²) in [6.45, 7) is 1.82. The Kier molecular flexibility index (Phi) is 5.03. The van der Waals surface area contributed by atoms with Crippen molar-refractivity contribution in [2.75, 3.05) is 6.61 Å². The molecule has 0 aromatic heterocycles. The summed E-state index contributed by atoms with van der Waals surface area (Å²) in [5.74, 6) is -1.38. The first-order valence-electron chi connectivity index (χ1n) is 5.18. The van der Waals surface area contributed by atoms with E-state index in [1.165, 1.54) is 6.07 Å². The topological polar surface area (TPSA) is 69.4 Å². The molecule has 0 amide bonds. The number of hydrogen-bond acceptors (Lipinski definition) is 4. The normalized spacial score (nSPS) is 11.9. The van der Waals surface area contributed by atoms with Crippen molar-refractivity contribution in [3.05, 3.63) is 39.7 Å². The highest BCUT2D eigenvalue weighted by Crippen LogP contribution is 2.19. The van der Waals surface area contributed by atoms with Crippen LogP contribution in [0.5, 0.6) is 0 Å². The smallest absolute Gasteiger partial charge is 0.324 e. The molecule has 0 heterocycles. The number of nitrogens with zero attached hydrogens (tertiary/aromatic N) is 1. The number of hydrogen-bond donors (Lipinski definition) is 0. The Morgan fingerprint density at radius 1 is 1.56 bits per heavy atom. The van der Waals surface area contributed by atoms with Gasteiger partial charge in [-0.2, -0.15) is 0 Å². The number of halogens is 2. The highest BCUT2D eigenvalue weighted by atomic mass is 35.5. The average molecular weight is 276 g/mol. The molecule has 1 aromatic carbocycles. The second-order valence-electron chi connectivity index (χ2n) is 3.50. The molecule has 5 nitrogen and oxygen atoms in total. The number of non-ortho nitro benzene ring substituents is 1. The zero-order valence-electron chi connectivity index (χ0n) is 9.56. The molecule has 1 rings (SSSR count). The zero-order chi connectivity index (χ0) is 13.7. The summed E-state index contributed by atoms with van der Waals surface area (Å²) in [4.78, 5) is 21.1. The number of alkyl halides is 1. The van der Waals surface area contributed by atoms with Gasteiger partial charge < -0.3 is 4.74 Å². The summed E-state index contributed by atoms with van der Waals surface area (Å²) >= 11 is 5.76. The Hall–Kier alpha value is -1.69. The minimum atomic E-state index is -0.994. The van der Waals surface area contributed by atoms with Gasteiger partial charge in [-0.05, 0) is 25.0 Å². The summed E-state index contributed by atoms with van der Waals surface area (Å²) < 4.78 is 17.8. The summed E-state index contributed by atoms with van der Waals surface area (Å²) in [6, 6.07) is 3.08. The minimum Gasteiger partial charge on any atom is -0.465 e. The molecule has 0 N–H and O–H groups in total. The highest BCUT2D eigenvalue weighted by Gasteiger charge is 2.19. The van der Waals surface area contributed by atoms with E-state index in [2.05, 4.69) is 4.74 Å². The first kappa shape index (κ1) is 14.4. The van der Waals surface area contributed by atoms with Crippen LogP contribution < -0.4 is 0 Å². The number of carbonyl (C=O) groups excluding carboxylic acids is 1. The molecular formula is C11H11ClFNO4. The summed E-state index contributed by atoms with van der Waals surface area (Å²) in [5, 5.41) is 9.55. The lowest BCUT2D eigenvalue weighted by atomic mass is 10.1. The van der Waals surface area contributed by atoms with E-state index in [1.54, 1.807) is 6.92 Å². The van der Waals surface area contributed by atoms with Crippen LogP contribution in [0.1, 0.15) is 12.5 Å². The molecule has 1 unspecified atom stereocenters. The fourth-order valence-electron chi connectivity index (χ4n) is 1.38. The molecular weight excluding hydrogens is 265 g/mol. The number of benzene rings is 1. The maximum absolute atomic E-state index is 13.1. The van der Waals surface area contributed by atoms with Crippen LogP contribution in [0.2, 0.25) is 0 Å². The van der Waals surface area contributed by atoms with E-state index in [4.69, 9.17) is 11.6 Å². The van der Waals surface area contributed by atoms with Gasteiger partial charge in [0.25, 0.3) is 5.69 Å². The number of carbonyl (C=O) groups is 1. The first-order valence-corrected chi connectivity index (χ1v) is 5.62. The lowest BCUT2D eigenvalue weighted by molar-refractivity contribution is -0.385. The standard InChI is InChI=1S/C11H11ClFNO4/c1-2-18-11(15)10(12)5-7-3-8(13)6-9(4-7)14(16)17/h3-4,6,10H,2,5H2,1H3. The van der Waals surface area contributed by atoms with E-state index < -0.39 is 22.1 Å². The van der Waals surface area contributed by atoms with Crippen molar-refractivity contribution >= 4 is 23.3 Å². The Morgan fingerprint density at radius 2 is 2.22 bits per heavy atom. The van der Waals surface area contributed by atoms with Gasteiger partial charge in [-0.25, -0.2) is 4.39 Å². The van der Waals surface area contributed by atoms with E-state index in [0.29, 0.717) is 0 Å². The van der Waals surface area contributed by atoms with E-state index in [0.717, 1.165) is 12.1 Å². The van der Waals surface area contributed by atoms with Gasteiger partial charge in [0.2, 0.25) is 0 Å². The molecule has 0 saturated heterocycles. The van der Waals surface area contributed by atoms with Crippen LogP contribution in [0.25, 0.3) is 0 Å². The van der Waals surface area contributed by atoms with Crippen molar-refractivity contribution in [2.24, 2.45) is 0 Å². The monoisotopic (exact) mass is 275 g/mol. The van der Waals surface area contributed by atoms with E-state index in [9.17, 15) is 19.3 Å². The number of nitro benzene ring substituents is 1. The molecule has 0 fully saturated rings. The van der Waals surface area contributed by atoms with Gasteiger partial charge in [0.15, 0.2) is 0 Å². The lowest BCUT2D eigenvalue weighted by Gasteiger charge is -2.08. The molecule has 1 atom stereocenters. The summed E-state index contributed by atoms with van der Waals surface area (Å²) in [6.07, 6.45) is -0.0288. The maximum atomic E-state index is 13.1. The van der Waals surface area contributed by atoms with Crippen LogP contribution in [0.3, 0.4) is 0 Å². The Balaban J connectivity index is 2.84. The van der Waals surface area contributed by atoms with E-state index in [-0.39, 0.29) is 24.3 Å². The summed E-state index contributed by atoms with van der Waals surface area (Å²) in [5.41, 5.74) is -0.104. The number of ether oxygens (including phenoxy) is 1. The van der Waals surface area contributed by atoms with Gasteiger partial charge in [-0.1, -0.05) is 0 Å². The molecule has 98 valence electrons. The third-order valence-electron chi connectivity index (χ3n) is 2.11. The molecule has 0 bridgehead atoms. The molecule has 0 saturated carbocycles. The minimum absolute atomic E-state index is 0.0288. The molecule has 7 heteroatoms. The predicted molar refractivity (Wildman–Crippen MR) is 63.0 cm³/mol. The average Bonchev–Trinajstić information content (AvgIpc) is 2.28. The van der Waals surface area contributed by atoms with Crippen LogP contribution in [0.15, 0.2) is 18.2 Å². The van der Waals surface area contributed by atoms with Crippen LogP contribution in [-0.4, -0.2) is 22.9 Å². The van der Waals surface area contributed by atoms with Crippen molar-refractivity contribution in [3.63, 3.8) is 0 Å². The van der Waals surface area contributed by atoms with E-state index >= 15 is 0 Å². The van der Waals surface area contributed by atoms with Crippen molar-refractivity contribution in [1.82, 2.24) is 0 Å². The lowest BCUT2D eigenvalue weighted by Crippen LogP contribution is -2.20. The zero-order valence-corrected chi connectivity index (χ0v) is 10.3. The summed E-state index contributed by atoms with van der Waals surface area (Å²) in [7, 11) is 0. The Bertz CT molecular complexity index is 466. The fraction of sp³-hybridized carbons (Fsp3) is 0.364. The highest BCUT2D eigenvalue weighted by molar-refractivity contribution is 6.30. The van der Waals surface area contributed by atoms with Crippen molar-refractivity contribution < 1.29 is 18.8 Å². The van der Waals surface area contributed by atoms with Crippen LogP contribution in [0.4, 0.5) is 10.1 Å². The second-order valence-corrected chi connectivity index (χ2v) is 4.03. The number of esters is 1. The van der Waals surface area contributed by atoms with Gasteiger partial charge in [-0.3, -0.25) is 14.9 Å². The molecule has 0 aliphatic heterocycles. The number of rotatable bonds is 5. The molecule has 0 aliphatic carbocycles. The molecule has 0 aliphatic rings. The van der Waals surface area contributed by atoms with Crippen molar-refractivity contribution in [3.8, 4) is 0 Å². The maximum Gasteiger partial charge on any atom is 0.324 e. The van der Waals surface area contributed by atoms with E-state index in [1.807, 2.05) is 0 Å².